The Morgan fingerprint density at radius 2 is 2.42 bits per heavy atom. The maximum Gasteiger partial charge on any atom is 0.179 e. The van der Waals surface area contributed by atoms with Crippen molar-refractivity contribution in [3.63, 3.8) is 0 Å². The number of hydrogen-bond acceptors (Lipinski definition) is 2. The summed E-state index contributed by atoms with van der Waals surface area (Å²) in [5, 5.41) is 0.636. The molecule has 2 aromatic rings. The number of ether oxygens (including phenoxy) is 1. The van der Waals surface area contributed by atoms with Crippen LogP contribution in [-0.4, -0.2) is 16.5 Å². The SMILES string of the molecule is COc1cc(Cl)cn2ccnc12. The second kappa shape index (κ2) is 2.68. The van der Waals surface area contributed by atoms with Gasteiger partial charge in [-0.05, 0) is 0 Å². The van der Waals surface area contributed by atoms with Gasteiger partial charge in [0.25, 0.3) is 0 Å². The third kappa shape index (κ3) is 1.02. The molecule has 0 aromatic carbocycles. The first-order valence-corrected chi connectivity index (χ1v) is 3.85. The molecule has 0 atom stereocenters. The molecular weight excluding hydrogens is 176 g/mol. The van der Waals surface area contributed by atoms with Crippen LogP contribution in [0.4, 0.5) is 0 Å². The summed E-state index contributed by atoms with van der Waals surface area (Å²) in [5.41, 5.74) is 0.780. The van der Waals surface area contributed by atoms with E-state index < -0.39 is 0 Å². The summed E-state index contributed by atoms with van der Waals surface area (Å²) < 4.78 is 6.92. The van der Waals surface area contributed by atoms with Gasteiger partial charge in [0.05, 0.1) is 12.1 Å². The average molecular weight is 183 g/mol. The normalized spacial score (nSPS) is 10.5. The number of halogens is 1. The number of nitrogens with zero attached hydrogens (tertiary/aromatic N) is 2. The van der Waals surface area contributed by atoms with Crippen molar-refractivity contribution in [3.05, 3.63) is 29.7 Å². The first-order valence-electron chi connectivity index (χ1n) is 3.47. The van der Waals surface area contributed by atoms with Crippen molar-refractivity contribution in [2.24, 2.45) is 0 Å². The molecule has 2 rings (SSSR count). The quantitative estimate of drug-likeness (QED) is 0.675. The maximum atomic E-state index is 5.83. The molecule has 0 radical (unpaired) electrons. The zero-order valence-corrected chi connectivity index (χ0v) is 7.25. The second-order valence-electron chi connectivity index (χ2n) is 2.38. The molecule has 0 aliphatic heterocycles. The summed E-state index contributed by atoms with van der Waals surface area (Å²) in [6, 6.07) is 1.74. The van der Waals surface area contributed by atoms with Gasteiger partial charge in [-0.15, -0.1) is 0 Å². The van der Waals surface area contributed by atoms with Crippen molar-refractivity contribution in [1.82, 2.24) is 9.38 Å². The number of imidazole rings is 1. The summed E-state index contributed by atoms with van der Waals surface area (Å²) in [5.74, 6) is 0.688. The average Bonchev–Trinajstić information content (AvgIpc) is 2.50. The molecule has 0 bridgehead atoms. The van der Waals surface area contributed by atoms with Gasteiger partial charge in [0.2, 0.25) is 0 Å². The Labute approximate surface area is 74.6 Å². The molecule has 12 heavy (non-hydrogen) atoms. The second-order valence-corrected chi connectivity index (χ2v) is 2.82. The highest BCUT2D eigenvalue weighted by atomic mass is 35.5. The lowest BCUT2D eigenvalue weighted by Gasteiger charge is -2.02. The summed E-state index contributed by atoms with van der Waals surface area (Å²) >= 11 is 5.83. The Morgan fingerprint density at radius 1 is 1.58 bits per heavy atom. The fraction of sp³-hybridized carbons (Fsp3) is 0.125. The van der Waals surface area contributed by atoms with E-state index in [0.29, 0.717) is 10.8 Å². The molecule has 4 heteroatoms. The van der Waals surface area contributed by atoms with E-state index in [-0.39, 0.29) is 0 Å². The van der Waals surface area contributed by atoms with Gasteiger partial charge in [0.15, 0.2) is 11.4 Å². The standard InChI is InChI=1S/C8H7ClN2O/c1-12-7-4-6(9)5-11-3-2-10-8(7)11/h2-5H,1H3. The van der Waals surface area contributed by atoms with Crippen molar-refractivity contribution in [3.8, 4) is 5.75 Å². The Balaban J connectivity index is 2.80. The Hall–Kier alpha value is -1.22. The van der Waals surface area contributed by atoms with Crippen LogP contribution >= 0.6 is 11.6 Å². The lowest BCUT2D eigenvalue weighted by atomic mass is 10.4. The van der Waals surface area contributed by atoms with Gasteiger partial charge in [-0.25, -0.2) is 4.98 Å². The van der Waals surface area contributed by atoms with Crippen LogP contribution < -0.4 is 4.74 Å². The Kier molecular flexibility index (Phi) is 1.66. The molecule has 0 N–H and O–H groups in total. The van der Waals surface area contributed by atoms with Crippen LogP contribution in [-0.2, 0) is 0 Å². The lowest BCUT2D eigenvalue weighted by Crippen LogP contribution is -1.89. The summed E-state index contributed by atoms with van der Waals surface area (Å²) in [7, 11) is 1.60. The molecule has 2 heterocycles. The zero-order valence-electron chi connectivity index (χ0n) is 6.49. The van der Waals surface area contributed by atoms with Crippen LogP contribution in [0.1, 0.15) is 0 Å². The van der Waals surface area contributed by atoms with E-state index >= 15 is 0 Å². The number of pyridine rings is 1. The fourth-order valence-corrected chi connectivity index (χ4v) is 1.32. The Morgan fingerprint density at radius 3 is 3.17 bits per heavy atom. The Bertz CT molecular complexity index is 410. The molecule has 3 nitrogen and oxygen atoms in total. The first kappa shape index (κ1) is 7.43. The monoisotopic (exact) mass is 182 g/mol. The van der Waals surface area contributed by atoms with E-state index in [1.807, 2.05) is 10.6 Å². The van der Waals surface area contributed by atoms with Gasteiger partial charge in [0, 0.05) is 24.7 Å². The molecule has 2 aromatic heterocycles. The zero-order chi connectivity index (χ0) is 8.55. The van der Waals surface area contributed by atoms with Crippen molar-refractivity contribution >= 4 is 17.2 Å². The number of rotatable bonds is 1. The van der Waals surface area contributed by atoms with Crippen molar-refractivity contribution in [2.45, 2.75) is 0 Å². The smallest absolute Gasteiger partial charge is 0.179 e. The van der Waals surface area contributed by atoms with E-state index in [1.165, 1.54) is 0 Å². The predicted molar refractivity (Wildman–Crippen MR) is 46.8 cm³/mol. The van der Waals surface area contributed by atoms with Crippen LogP contribution in [0.2, 0.25) is 5.02 Å². The molecule has 0 unspecified atom stereocenters. The largest absolute Gasteiger partial charge is 0.493 e. The van der Waals surface area contributed by atoms with Crippen LogP contribution in [0.3, 0.4) is 0 Å². The number of fused-ring (bicyclic) bond motifs is 1. The minimum atomic E-state index is 0.636. The number of hydrogen-bond donors (Lipinski definition) is 0. The predicted octanol–water partition coefficient (Wildman–Crippen LogP) is 2.00. The van der Waals surface area contributed by atoms with Gasteiger partial charge in [-0.2, -0.15) is 0 Å². The highest BCUT2D eigenvalue weighted by Gasteiger charge is 2.03. The molecule has 0 aliphatic rings. The van der Waals surface area contributed by atoms with Gasteiger partial charge >= 0.3 is 0 Å². The van der Waals surface area contributed by atoms with Crippen LogP contribution in [0, 0.1) is 0 Å². The van der Waals surface area contributed by atoms with Crippen molar-refractivity contribution < 1.29 is 4.74 Å². The molecule has 0 saturated carbocycles. The number of methoxy groups -OCH3 is 1. The summed E-state index contributed by atoms with van der Waals surface area (Å²) in [6.45, 7) is 0. The first-order chi connectivity index (χ1) is 5.81. The molecule has 0 amide bonds. The third-order valence-electron chi connectivity index (χ3n) is 1.64. The molecule has 0 spiro atoms. The third-order valence-corrected chi connectivity index (χ3v) is 1.85. The minimum absolute atomic E-state index is 0.636. The highest BCUT2D eigenvalue weighted by molar-refractivity contribution is 6.30. The molecule has 62 valence electrons. The topological polar surface area (TPSA) is 26.5 Å². The van der Waals surface area contributed by atoms with Crippen molar-refractivity contribution in [1.29, 1.82) is 0 Å². The molecule has 0 fully saturated rings. The minimum Gasteiger partial charge on any atom is -0.493 e. The van der Waals surface area contributed by atoms with E-state index in [1.54, 1.807) is 25.6 Å². The van der Waals surface area contributed by atoms with Crippen LogP contribution in [0.15, 0.2) is 24.7 Å². The van der Waals surface area contributed by atoms with E-state index in [2.05, 4.69) is 4.98 Å². The summed E-state index contributed by atoms with van der Waals surface area (Å²) in [4.78, 5) is 4.11. The van der Waals surface area contributed by atoms with E-state index in [4.69, 9.17) is 16.3 Å². The van der Waals surface area contributed by atoms with E-state index in [0.717, 1.165) is 5.65 Å². The van der Waals surface area contributed by atoms with Gasteiger partial charge in [-0.1, -0.05) is 11.6 Å². The lowest BCUT2D eigenvalue weighted by molar-refractivity contribution is 0.417. The van der Waals surface area contributed by atoms with Gasteiger partial charge in [0.1, 0.15) is 0 Å². The van der Waals surface area contributed by atoms with E-state index in [9.17, 15) is 0 Å². The summed E-state index contributed by atoms with van der Waals surface area (Å²) in [6.07, 6.45) is 5.31. The maximum absolute atomic E-state index is 5.83. The van der Waals surface area contributed by atoms with Gasteiger partial charge in [-0.3, -0.25) is 0 Å². The van der Waals surface area contributed by atoms with Crippen LogP contribution in [0.5, 0.6) is 5.75 Å². The molecule has 0 aliphatic carbocycles. The molecular formula is C8H7ClN2O. The van der Waals surface area contributed by atoms with Gasteiger partial charge < -0.3 is 9.14 Å². The molecule has 0 saturated heterocycles. The fourth-order valence-electron chi connectivity index (χ4n) is 1.12. The van der Waals surface area contributed by atoms with Crippen LogP contribution in [0.25, 0.3) is 5.65 Å². The highest BCUT2D eigenvalue weighted by Crippen LogP contribution is 2.22. The van der Waals surface area contributed by atoms with Crippen molar-refractivity contribution in [2.75, 3.05) is 7.11 Å². The number of aromatic nitrogens is 2.